The lowest BCUT2D eigenvalue weighted by molar-refractivity contribution is 1.45. The number of rotatable bonds is 1. The lowest BCUT2D eigenvalue weighted by Gasteiger charge is -1.97. The van der Waals surface area contributed by atoms with Crippen molar-refractivity contribution in [2.24, 2.45) is 0 Å². The molecule has 0 nitrogen and oxygen atoms in total. The standard InChI is InChI=1S/C11H10S/c12-8-9-5-6-10-3-1-2-4-11(10)7-9/h1-7,12H,8H2/p+1. The summed E-state index contributed by atoms with van der Waals surface area (Å²) in [6, 6.07) is 14.9. The van der Waals surface area contributed by atoms with Crippen molar-refractivity contribution in [3.63, 3.8) is 0 Å². The van der Waals surface area contributed by atoms with Crippen LogP contribution in [0.1, 0.15) is 5.56 Å². The molecule has 0 saturated heterocycles. The van der Waals surface area contributed by atoms with Gasteiger partial charge in [-0.2, -0.15) is 0 Å². The van der Waals surface area contributed by atoms with Crippen LogP contribution in [-0.4, -0.2) is 0 Å². The van der Waals surface area contributed by atoms with Crippen molar-refractivity contribution in [2.45, 2.75) is 5.75 Å². The molecule has 2 aromatic carbocycles. The van der Waals surface area contributed by atoms with E-state index in [4.69, 9.17) is 0 Å². The van der Waals surface area contributed by atoms with Gasteiger partial charge < -0.3 is 0 Å². The fraction of sp³-hybridized carbons (Fsp3) is 0.0909. The van der Waals surface area contributed by atoms with E-state index in [1.54, 1.807) is 0 Å². The molecule has 0 amide bonds. The van der Waals surface area contributed by atoms with Gasteiger partial charge in [-0.05, 0) is 29.5 Å². The van der Waals surface area contributed by atoms with Crippen molar-refractivity contribution in [1.29, 1.82) is 0 Å². The Bertz CT molecular complexity index is 393. The summed E-state index contributed by atoms with van der Waals surface area (Å²) in [7, 11) is 0. The molecule has 1 heteroatoms. The number of hydrogen-bond acceptors (Lipinski definition) is 0. The summed E-state index contributed by atoms with van der Waals surface area (Å²) in [4.78, 5) is 0. The van der Waals surface area contributed by atoms with E-state index in [0.717, 1.165) is 5.75 Å². The zero-order valence-corrected chi connectivity index (χ0v) is 7.75. The van der Waals surface area contributed by atoms with Crippen LogP contribution in [0.5, 0.6) is 0 Å². The first-order valence-electron chi connectivity index (χ1n) is 4.02. The molecule has 12 heavy (non-hydrogen) atoms. The van der Waals surface area contributed by atoms with E-state index in [9.17, 15) is 0 Å². The highest BCUT2D eigenvalue weighted by atomic mass is 32.1. The van der Waals surface area contributed by atoms with Gasteiger partial charge in [0.05, 0.1) is 0 Å². The van der Waals surface area contributed by atoms with Gasteiger partial charge in [0.1, 0.15) is 5.75 Å². The van der Waals surface area contributed by atoms with Crippen LogP contribution in [0.3, 0.4) is 0 Å². The molecule has 2 rings (SSSR count). The molecule has 0 saturated carbocycles. The molecule has 0 atom stereocenters. The Morgan fingerprint density at radius 1 is 0.917 bits per heavy atom. The molecule has 0 aliphatic heterocycles. The quantitative estimate of drug-likeness (QED) is 0.584. The minimum absolute atomic E-state index is 0.921. The van der Waals surface area contributed by atoms with E-state index in [1.807, 2.05) is 0 Å². The Morgan fingerprint density at radius 3 is 2.42 bits per heavy atom. The summed E-state index contributed by atoms with van der Waals surface area (Å²) in [5.74, 6) is 0.921. The van der Waals surface area contributed by atoms with E-state index < -0.39 is 0 Å². The van der Waals surface area contributed by atoms with Gasteiger partial charge in [0.2, 0.25) is 0 Å². The highest BCUT2D eigenvalue weighted by molar-refractivity contribution is 7.57. The van der Waals surface area contributed by atoms with Crippen LogP contribution < -0.4 is 0 Å². The van der Waals surface area contributed by atoms with Crippen LogP contribution in [0.4, 0.5) is 0 Å². The van der Waals surface area contributed by atoms with E-state index in [-0.39, 0.29) is 0 Å². The molecule has 0 aromatic heterocycles. The van der Waals surface area contributed by atoms with Gasteiger partial charge in [-0.3, -0.25) is 0 Å². The highest BCUT2D eigenvalue weighted by Gasteiger charge is 1.94. The van der Waals surface area contributed by atoms with Gasteiger partial charge in [0.15, 0.2) is 0 Å². The smallest absolute Gasteiger partial charge is 0.0616 e. The molecule has 0 fully saturated rings. The molecule has 2 aromatic rings. The Morgan fingerprint density at radius 2 is 1.67 bits per heavy atom. The van der Waals surface area contributed by atoms with Crippen LogP contribution in [0, 0.1) is 0 Å². The Balaban J connectivity index is 2.67. The SMILES string of the molecule is [SH2+]Cc1ccc2ccccc2c1. The van der Waals surface area contributed by atoms with Crippen LogP contribution in [0.25, 0.3) is 10.8 Å². The number of hydrogen-bond donors (Lipinski definition) is 0. The van der Waals surface area contributed by atoms with Crippen LogP contribution >= 0.6 is 0 Å². The van der Waals surface area contributed by atoms with Crippen LogP contribution in [-0.2, 0) is 18.4 Å². The summed E-state index contributed by atoms with van der Waals surface area (Å²) >= 11 is 3.49. The molecule has 0 heterocycles. The average molecular weight is 175 g/mol. The Labute approximate surface area is 77.6 Å². The third-order valence-corrected chi connectivity index (χ3v) is 2.43. The molecular weight excluding hydrogens is 164 g/mol. The molecule has 0 aliphatic carbocycles. The first kappa shape index (κ1) is 7.69. The Hall–Kier alpha value is -0.950. The fourth-order valence-electron chi connectivity index (χ4n) is 1.35. The number of benzene rings is 2. The molecule has 0 bridgehead atoms. The second kappa shape index (κ2) is 3.20. The van der Waals surface area contributed by atoms with Crippen molar-refractivity contribution in [3.8, 4) is 0 Å². The fourth-order valence-corrected chi connectivity index (χ4v) is 1.57. The van der Waals surface area contributed by atoms with Gasteiger partial charge in [-0.1, -0.05) is 36.4 Å². The maximum atomic E-state index is 3.49. The third-order valence-electron chi connectivity index (χ3n) is 2.02. The molecule has 60 valence electrons. The van der Waals surface area contributed by atoms with Gasteiger partial charge >= 0.3 is 0 Å². The first-order valence-corrected chi connectivity index (χ1v) is 4.73. The van der Waals surface area contributed by atoms with E-state index in [0.29, 0.717) is 0 Å². The van der Waals surface area contributed by atoms with E-state index >= 15 is 0 Å². The second-order valence-corrected chi connectivity index (χ2v) is 3.21. The molecular formula is C11H11S+. The molecule has 0 spiro atoms. The zero-order chi connectivity index (χ0) is 8.39. The van der Waals surface area contributed by atoms with Crippen molar-refractivity contribution in [2.75, 3.05) is 0 Å². The minimum Gasteiger partial charge on any atom is -0.0616 e. The van der Waals surface area contributed by atoms with Gasteiger partial charge in [0, 0.05) is 5.56 Å². The Kier molecular flexibility index (Phi) is 2.05. The summed E-state index contributed by atoms with van der Waals surface area (Å²) in [5.41, 5.74) is 1.32. The van der Waals surface area contributed by atoms with Crippen molar-refractivity contribution < 1.29 is 0 Å². The minimum atomic E-state index is 0.921. The van der Waals surface area contributed by atoms with Crippen molar-refractivity contribution in [1.82, 2.24) is 0 Å². The van der Waals surface area contributed by atoms with Crippen molar-refractivity contribution in [3.05, 3.63) is 48.0 Å². The number of fused-ring (bicyclic) bond motifs is 1. The van der Waals surface area contributed by atoms with Crippen molar-refractivity contribution >= 4 is 23.4 Å². The first-order chi connectivity index (χ1) is 5.90. The zero-order valence-electron chi connectivity index (χ0n) is 6.75. The molecule has 0 radical (unpaired) electrons. The summed E-state index contributed by atoms with van der Waals surface area (Å²) < 4.78 is 0. The highest BCUT2D eigenvalue weighted by Crippen LogP contribution is 2.15. The topological polar surface area (TPSA) is 0 Å². The maximum Gasteiger partial charge on any atom is 0.128 e. The summed E-state index contributed by atoms with van der Waals surface area (Å²) in [6.07, 6.45) is 0. The van der Waals surface area contributed by atoms with E-state index in [2.05, 4.69) is 55.1 Å². The monoisotopic (exact) mass is 175 g/mol. The molecule has 0 unspecified atom stereocenters. The lowest BCUT2D eigenvalue weighted by atomic mass is 10.1. The lowest BCUT2D eigenvalue weighted by Crippen LogP contribution is -1.79. The largest absolute Gasteiger partial charge is 0.128 e. The van der Waals surface area contributed by atoms with E-state index in [1.165, 1.54) is 16.3 Å². The summed E-state index contributed by atoms with van der Waals surface area (Å²) in [5, 5.41) is 2.62. The second-order valence-electron chi connectivity index (χ2n) is 2.86. The molecule has 0 N–H and O–H groups in total. The third kappa shape index (κ3) is 1.32. The van der Waals surface area contributed by atoms with Gasteiger partial charge in [0.25, 0.3) is 0 Å². The predicted octanol–water partition coefficient (Wildman–Crippen LogP) is 2.35. The molecule has 0 aliphatic rings. The van der Waals surface area contributed by atoms with Gasteiger partial charge in [-0.15, -0.1) is 0 Å². The van der Waals surface area contributed by atoms with Crippen LogP contribution in [0.15, 0.2) is 42.5 Å². The van der Waals surface area contributed by atoms with Crippen LogP contribution in [0.2, 0.25) is 0 Å². The summed E-state index contributed by atoms with van der Waals surface area (Å²) in [6.45, 7) is 0. The predicted molar refractivity (Wildman–Crippen MR) is 57.8 cm³/mol. The normalized spacial score (nSPS) is 10.4. The average Bonchev–Trinajstić information content (AvgIpc) is 2.17. The maximum absolute atomic E-state index is 3.49. The van der Waals surface area contributed by atoms with Gasteiger partial charge in [-0.25, -0.2) is 0 Å².